The maximum atomic E-state index is 11.9. The molecular formula is C13H11NO4S2. The molecule has 5 nitrogen and oxygen atoms in total. The van der Waals surface area contributed by atoms with Crippen molar-refractivity contribution >= 4 is 43.9 Å². The van der Waals surface area contributed by atoms with Gasteiger partial charge in [-0.25, -0.2) is 14.0 Å². The third kappa shape index (κ3) is 3.00. The molecule has 0 aromatic heterocycles. The van der Waals surface area contributed by atoms with Crippen LogP contribution in [0.25, 0.3) is 0 Å². The van der Waals surface area contributed by atoms with E-state index in [9.17, 15) is 14.1 Å². The Labute approximate surface area is 123 Å². The summed E-state index contributed by atoms with van der Waals surface area (Å²) < 4.78 is 15.9. The first-order chi connectivity index (χ1) is 9.67. The fourth-order valence-corrected chi connectivity index (χ4v) is 2.89. The van der Waals surface area contributed by atoms with Crippen molar-refractivity contribution in [3.8, 4) is 0 Å². The number of aliphatic hydroxyl groups is 1. The van der Waals surface area contributed by atoms with Crippen LogP contribution in [-0.4, -0.2) is 31.1 Å². The summed E-state index contributed by atoms with van der Waals surface area (Å²) in [4.78, 5) is 16.1. The molecule has 2 rings (SSSR count). The zero-order chi connectivity index (χ0) is 14.5. The van der Waals surface area contributed by atoms with Crippen LogP contribution in [0.5, 0.6) is 0 Å². The number of hydrogen-bond acceptors (Lipinski definition) is 6. The zero-order valence-electron chi connectivity index (χ0n) is 10.5. The number of nitrogens with zero attached hydrogens (tertiary/aromatic N) is 1. The SMILES string of the molecule is CCOC(=O)C1=C(O)C(=S=O)SC1=Nc1ccccc1. The molecule has 0 spiro atoms. The zero-order valence-corrected chi connectivity index (χ0v) is 12.2. The van der Waals surface area contributed by atoms with Gasteiger partial charge in [0.05, 0.1) is 12.3 Å². The van der Waals surface area contributed by atoms with Crippen LogP contribution in [0.1, 0.15) is 6.92 Å². The van der Waals surface area contributed by atoms with Crippen molar-refractivity contribution in [3.05, 3.63) is 41.7 Å². The summed E-state index contributed by atoms with van der Waals surface area (Å²) in [6, 6.07) is 8.97. The molecule has 104 valence electrons. The predicted octanol–water partition coefficient (Wildman–Crippen LogP) is 2.18. The van der Waals surface area contributed by atoms with Gasteiger partial charge in [0, 0.05) is 0 Å². The average molecular weight is 309 g/mol. The number of benzene rings is 1. The van der Waals surface area contributed by atoms with E-state index in [1.165, 1.54) is 0 Å². The van der Waals surface area contributed by atoms with E-state index in [1.54, 1.807) is 31.2 Å². The molecule has 20 heavy (non-hydrogen) atoms. The lowest BCUT2D eigenvalue weighted by Crippen LogP contribution is -2.13. The number of aliphatic hydroxyl groups excluding tert-OH is 1. The van der Waals surface area contributed by atoms with Gasteiger partial charge in [0.2, 0.25) is 0 Å². The van der Waals surface area contributed by atoms with Crippen LogP contribution < -0.4 is 0 Å². The molecule has 0 radical (unpaired) electrons. The third-order valence-corrected chi connectivity index (χ3v) is 4.04. The van der Waals surface area contributed by atoms with E-state index in [2.05, 4.69) is 4.99 Å². The molecule has 0 saturated carbocycles. The molecule has 1 N–H and O–H groups in total. The number of rotatable bonds is 3. The van der Waals surface area contributed by atoms with E-state index in [-0.39, 0.29) is 38.4 Å². The van der Waals surface area contributed by atoms with E-state index in [0.29, 0.717) is 5.69 Å². The van der Waals surface area contributed by atoms with Gasteiger partial charge in [-0.3, -0.25) is 0 Å². The maximum Gasteiger partial charge on any atom is 0.344 e. The van der Waals surface area contributed by atoms with Crippen LogP contribution >= 0.6 is 11.8 Å². The summed E-state index contributed by atoms with van der Waals surface area (Å²) >= 11 is 1.10. The minimum atomic E-state index is -0.684. The van der Waals surface area contributed by atoms with Crippen molar-refractivity contribution < 1.29 is 18.8 Å². The highest BCUT2D eigenvalue weighted by Crippen LogP contribution is 2.31. The highest BCUT2D eigenvalue weighted by atomic mass is 32.2. The summed E-state index contributed by atoms with van der Waals surface area (Å²) in [6.07, 6.45) is 0. The molecule has 1 aliphatic rings. The Hall–Kier alpha value is -1.86. The number of esters is 1. The van der Waals surface area contributed by atoms with Gasteiger partial charge in [-0.05, 0) is 19.1 Å². The van der Waals surface area contributed by atoms with Crippen LogP contribution in [0.15, 0.2) is 46.7 Å². The van der Waals surface area contributed by atoms with Crippen LogP contribution in [0.2, 0.25) is 0 Å². The van der Waals surface area contributed by atoms with E-state index < -0.39 is 5.97 Å². The molecule has 1 heterocycles. The first-order valence-electron chi connectivity index (χ1n) is 5.76. The number of carbonyl (C=O) groups excluding carboxylic acids is 1. The molecule has 0 bridgehead atoms. The predicted molar refractivity (Wildman–Crippen MR) is 80.6 cm³/mol. The van der Waals surface area contributed by atoms with Crippen LogP contribution in [0, 0.1) is 0 Å². The van der Waals surface area contributed by atoms with E-state index in [0.717, 1.165) is 11.8 Å². The third-order valence-electron chi connectivity index (χ3n) is 2.38. The topological polar surface area (TPSA) is 76.0 Å². The van der Waals surface area contributed by atoms with Gasteiger partial charge in [-0.15, -0.1) is 0 Å². The van der Waals surface area contributed by atoms with E-state index in [1.807, 2.05) is 6.07 Å². The Morgan fingerprint density at radius 1 is 1.40 bits per heavy atom. The number of hydrogen-bond donors (Lipinski definition) is 1. The Balaban J connectivity index is 2.46. The molecule has 7 heteroatoms. The molecule has 0 aliphatic carbocycles. The fourth-order valence-electron chi connectivity index (χ4n) is 1.53. The molecule has 0 amide bonds. The number of para-hydroxylation sites is 1. The van der Waals surface area contributed by atoms with Gasteiger partial charge in [0.25, 0.3) is 0 Å². The lowest BCUT2D eigenvalue weighted by atomic mass is 10.2. The van der Waals surface area contributed by atoms with Gasteiger partial charge in [-0.2, -0.15) is 0 Å². The highest BCUT2D eigenvalue weighted by Gasteiger charge is 2.34. The number of aliphatic imine (C=N–C) groups is 1. The number of ether oxygens (including phenoxy) is 1. The Morgan fingerprint density at radius 3 is 2.70 bits per heavy atom. The molecule has 0 saturated heterocycles. The molecule has 1 aromatic carbocycles. The van der Waals surface area contributed by atoms with Crippen molar-refractivity contribution in [2.24, 2.45) is 4.99 Å². The lowest BCUT2D eigenvalue weighted by molar-refractivity contribution is -0.137. The molecule has 0 unspecified atom stereocenters. The monoisotopic (exact) mass is 309 g/mol. The quantitative estimate of drug-likeness (QED) is 0.684. The van der Waals surface area contributed by atoms with Crippen LogP contribution in [-0.2, 0) is 20.8 Å². The van der Waals surface area contributed by atoms with E-state index >= 15 is 0 Å². The number of thioether (sulfide) groups is 1. The minimum Gasteiger partial charge on any atom is -0.505 e. The number of carbonyl (C=O) groups is 1. The second kappa shape index (κ2) is 6.53. The summed E-state index contributed by atoms with van der Waals surface area (Å²) in [7, 11) is 0. The normalized spacial score (nSPS) is 16.6. The molecule has 1 aromatic rings. The van der Waals surface area contributed by atoms with Crippen molar-refractivity contribution in [1.29, 1.82) is 0 Å². The van der Waals surface area contributed by atoms with Crippen molar-refractivity contribution in [1.82, 2.24) is 0 Å². The summed E-state index contributed by atoms with van der Waals surface area (Å²) in [5, 5.41) is 10.2. The fraction of sp³-hybridized carbons (Fsp3) is 0.154. The second-order valence-electron chi connectivity index (χ2n) is 3.67. The smallest absolute Gasteiger partial charge is 0.344 e. The summed E-state index contributed by atoms with van der Waals surface area (Å²) in [5.74, 6) is -1.04. The standard InChI is InChI=1S/C13H11NO4S2/c1-2-18-12(16)9-10(15)13(20-17)19-11(9)14-8-6-4-3-5-7-8/h3-7,15H,2H2,1H3. The minimum absolute atomic E-state index is 0.0564. The van der Waals surface area contributed by atoms with Gasteiger partial charge in [0.1, 0.15) is 26.1 Å². The second-order valence-corrected chi connectivity index (χ2v) is 5.50. The van der Waals surface area contributed by atoms with E-state index in [4.69, 9.17) is 4.74 Å². The largest absolute Gasteiger partial charge is 0.505 e. The van der Waals surface area contributed by atoms with Crippen molar-refractivity contribution in [3.63, 3.8) is 0 Å². The van der Waals surface area contributed by atoms with Gasteiger partial charge < -0.3 is 9.84 Å². The van der Waals surface area contributed by atoms with Gasteiger partial charge >= 0.3 is 5.97 Å². The Morgan fingerprint density at radius 2 is 2.10 bits per heavy atom. The van der Waals surface area contributed by atoms with Crippen molar-refractivity contribution in [2.45, 2.75) is 6.92 Å². The Bertz CT molecular complexity index is 646. The summed E-state index contributed by atoms with van der Waals surface area (Å²) in [5.41, 5.74) is 0.570. The first kappa shape index (κ1) is 14.5. The molecule has 1 aliphatic heterocycles. The molecule has 0 fully saturated rings. The first-order valence-corrected chi connectivity index (χ1v) is 7.32. The highest BCUT2D eigenvalue weighted by molar-refractivity contribution is 8.33. The maximum absolute atomic E-state index is 11.9. The average Bonchev–Trinajstić information content (AvgIpc) is 2.76. The lowest BCUT2D eigenvalue weighted by Gasteiger charge is -2.03. The molecular weight excluding hydrogens is 298 g/mol. The van der Waals surface area contributed by atoms with Crippen LogP contribution in [0.4, 0.5) is 5.69 Å². The van der Waals surface area contributed by atoms with Gasteiger partial charge in [-0.1, -0.05) is 30.0 Å². The van der Waals surface area contributed by atoms with Crippen molar-refractivity contribution in [2.75, 3.05) is 6.61 Å². The summed E-state index contributed by atoms with van der Waals surface area (Å²) in [6.45, 7) is 1.84. The molecule has 0 atom stereocenters. The van der Waals surface area contributed by atoms with Gasteiger partial charge in [0.15, 0.2) is 5.76 Å². The Kier molecular flexibility index (Phi) is 4.75. The van der Waals surface area contributed by atoms with Crippen LogP contribution in [0.3, 0.4) is 0 Å².